The summed E-state index contributed by atoms with van der Waals surface area (Å²) in [5.74, 6) is -0.337. The first-order valence-electron chi connectivity index (χ1n) is 5.72. The molecule has 0 amide bonds. The van der Waals surface area contributed by atoms with E-state index in [2.05, 4.69) is 13.8 Å². The Hall–Kier alpha value is -1.09. The second-order valence-corrected chi connectivity index (χ2v) is 4.14. The third-order valence-electron chi connectivity index (χ3n) is 3.00. The number of hydrogen-bond donors (Lipinski definition) is 1. The van der Waals surface area contributed by atoms with Crippen molar-refractivity contribution >= 4 is 5.69 Å². The van der Waals surface area contributed by atoms with Gasteiger partial charge in [-0.05, 0) is 25.5 Å². The molecule has 0 aliphatic heterocycles. The molecular weight excluding hydrogens is 205 g/mol. The molecule has 0 aliphatic carbocycles. The van der Waals surface area contributed by atoms with Crippen molar-refractivity contribution in [2.24, 2.45) is 0 Å². The van der Waals surface area contributed by atoms with Crippen LogP contribution in [-0.2, 0) is 6.61 Å². The summed E-state index contributed by atoms with van der Waals surface area (Å²) in [5, 5.41) is 9.19. The van der Waals surface area contributed by atoms with Gasteiger partial charge in [0.15, 0.2) is 0 Å². The Kier molecular flexibility index (Phi) is 4.74. The van der Waals surface area contributed by atoms with Crippen molar-refractivity contribution in [2.45, 2.75) is 39.3 Å². The van der Waals surface area contributed by atoms with E-state index in [-0.39, 0.29) is 12.4 Å². The van der Waals surface area contributed by atoms with Gasteiger partial charge in [-0.25, -0.2) is 4.39 Å². The number of anilines is 1. The first-order chi connectivity index (χ1) is 7.61. The molecule has 0 saturated carbocycles. The highest BCUT2D eigenvalue weighted by Gasteiger charge is 2.14. The largest absolute Gasteiger partial charge is 0.391 e. The number of aliphatic hydroxyl groups is 1. The minimum Gasteiger partial charge on any atom is -0.391 e. The molecule has 1 aromatic rings. The summed E-state index contributed by atoms with van der Waals surface area (Å²) in [6, 6.07) is 5.25. The van der Waals surface area contributed by atoms with Gasteiger partial charge in [-0.3, -0.25) is 0 Å². The fraction of sp³-hybridized carbons (Fsp3) is 0.538. The number of nitrogens with zero attached hydrogens (tertiary/aromatic N) is 1. The van der Waals surface area contributed by atoms with Gasteiger partial charge < -0.3 is 10.0 Å². The monoisotopic (exact) mass is 225 g/mol. The molecule has 0 radical (unpaired) electrons. The fourth-order valence-electron chi connectivity index (χ4n) is 1.88. The molecule has 0 aliphatic rings. The molecule has 90 valence electrons. The lowest BCUT2D eigenvalue weighted by Gasteiger charge is -2.28. The van der Waals surface area contributed by atoms with Crippen LogP contribution in [0.2, 0.25) is 0 Å². The second-order valence-electron chi connectivity index (χ2n) is 4.14. The molecule has 1 atom stereocenters. The summed E-state index contributed by atoms with van der Waals surface area (Å²) in [5.41, 5.74) is 1.16. The lowest BCUT2D eigenvalue weighted by molar-refractivity contribution is 0.276. The Morgan fingerprint density at radius 3 is 2.69 bits per heavy atom. The van der Waals surface area contributed by atoms with E-state index in [4.69, 9.17) is 0 Å². The predicted octanol–water partition coefficient (Wildman–Crippen LogP) is 2.94. The van der Waals surface area contributed by atoms with Crippen LogP contribution in [0.1, 0.15) is 32.3 Å². The van der Waals surface area contributed by atoms with Crippen LogP contribution in [0.15, 0.2) is 18.2 Å². The Balaban J connectivity index is 2.98. The molecule has 1 aromatic carbocycles. The number of halogens is 1. The minimum absolute atomic E-state index is 0.259. The maximum atomic E-state index is 13.5. The average Bonchev–Trinajstić information content (AvgIpc) is 2.28. The molecule has 0 bridgehead atoms. The van der Waals surface area contributed by atoms with E-state index in [1.165, 1.54) is 6.07 Å². The lowest BCUT2D eigenvalue weighted by Crippen LogP contribution is -2.29. The van der Waals surface area contributed by atoms with Crippen molar-refractivity contribution in [1.82, 2.24) is 0 Å². The SMILES string of the molecule is CCCC(C)N(C)c1cccc(F)c1CO. The first kappa shape index (κ1) is 13.0. The van der Waals surface area contributed by atoms with E-state index in [9.17, 15) is 9.50 Å². The van der Waals surface area contributed by atoms with Crippen molar-refractivity contribution in [2.75, 3.05) is 11.9 Å². The highest BCUT2D eigenvalue weighted by Crippen LogP contribution is 2.24. The van der Waals surface area contributed by atoms with Crippen LogP contribution in [0.25, 0.3) is 0 Å². The van der Waals surface area contributed by atoms with Crippen LogP contribution in [0.3, 0.4) is 0 Å². The molecule has 2 nitrogen and oxygen atoms in total. The van der Waals surface area contributed by atoms with E-state index in [0.29, 0.717) is 11.6 Å². The molecule has 0 fully saturated rings. The van der Waals surface area contributed by atoms with E-state index in [0.717, 1.165) is 18.5 Å². The van der Waals surface area contributed by atoms with E-state index < -0.39 is 0 Å². The Morgan fingerprint density at radius 2 is 2.12 bits per heavy atom. The summed E-state index contributed by atoms with van der Waals surface area (Å²) in [4.78, 5) is 2.03. The zero-order valence-electron chi connectivity index (χ0n) is 10.2. The van der Waals surface area contributed by atoms with Gasteiger partial charge in [0.1, 0.15) is 5.82 Å². The van der Waals surface area contributed by atoms with Crippen LogP contribution >= 0.6 is 0 Å². The quantitative estimate of drug-likeness (QED) is 0.832. The number of benzene rings is 1. The van der Waals surface area contributed by atoms with E-state index >= 15 is 0 Å². The van der Waals surface area contributed by atoms with Crippen molar-refractivity contribution in [1.29, 1.82) is 0 Å². The third-order valence-corrected chi connectivity index (χ3v) is 3.00. The van der Waals surface area contributed by atoms with Gasteiger partial charge in [0.25, 0.3) is 0 Å². The molecule has 1 rings (SSSR count). The number of hydrogen-bond acceptors (Lipinski definition) is 2. The standard InChI is InChI=1S/C13H20FNO/c1-4-6-10(2)15(3)13-8-5-7-12(14)11(13)9-16/h5,7-8,10,16H,4,6,9H2,1-3H3. The molecule has 3 heteroatoms. The number of aliphatic hydroxyl groups excluding tert-OH is 1. The normalized spacial score (nSPS) is 12.6. The summed E-state index contributed by atoms with van der Waals surface area (Å²) < 4.78 is 13.5. The molecule has 1 unspecified atom stereocenters. The first-order valence-corrected chi connectivity index (χ1v) is 5.72. The van der Waals surface area contributed by atoms with Gasteiger partial charge in [-0.2, -0.15) is 0 Å². The predicted molar refractivity (Wildman–Crippen MR) is 65.1 cm³/mol. The zero-order valence-corrected chi connectivity index (χ0v) is 10.2. The topological polar surface area (TPSA) is 23.5 Å². The molecule has 1 N–H and O–H groups in total. The van der Waals surface area contributed by atoms with Crippen LogP contribution in [-0.4, -0.2) is 18.2 Å². The summed E-state index contributed by atoms with van der Waals surface area (Å²) >= 11 is 0. The van der Waals surface area contributed by atoms with Gasteiger partial charge in [-0.15, -0.1) is 0 Å². The summed E-state index contributed by atoms with van der Waals surface area (Å²) in [6.07, 6.45) is 2.15. The molecule has 0 saturated heterocycles. The maximum Gasteiger partial charge on any atom is 0.130 e. The Bertz CT molecular complexity index is 341. The van der Waals surface area contributed by atoms with Crippen molar-refractivity contribution in [3.05, 3.63) is 29.6 Å². The van der Waals surface area contributed by atoms with Crippen molar-refractivity contribution < 1.29 is 9.50 Å². The van der Waals surface area contributed by atoms with E-state index in [1.807, 2.05) is 18.0 Å². The average molecular weight is 225 g/mol. The van der Waals surface area contributed by atoms with Gasteiger partial charge in [0, 0.05) is 24.3 Å². The molecule has 16 heavy (non-hydrogen) atoms. The Morgan fingerprint density at radius 1 is 1.44 bits per heavy atom. The highest BCUT2D eigenvalue weighted by atomic mass is 19.1. The van der Waals surface area contributed by atoms with Crippen molar-refractivity contribution in [3.63, 3.8) is 0 Å². The maximum absolute atomic E-state index is 13.5. The zero-order chi connectivity index (χ0) is 12.1. The molecule has 0 heterocycles. The molecular formula is C13H20FNO. The van der Waals surface area contributed by atoms with Gasteiger partial charge in [0.2, 0.25) is 0 Å². The van der Waals surface area contributed by atoms with Crippen LogP contribution in [0, 0.1) is 5.82 Å². The van der Waals surface area contributed by atoms with Gasteiger partial charge in [0.05, 0.1) is 6.61 Å². The van der Waals surface area contributed by atoms with Gasteiger partial charge >= 0.3 is 0 Å². The number of rotatable bonds is 5. The second kappa shape index (κ2) is 5.85. The minimum atomic E-state index is -0.337. The highest BCUT2D eigenvalue weighted by molar-refractivity contribution is 5.54. The fourth-order valence-corrected chi connectivity index (χ4v) is 1.88. The summed E-state index contributed by atoms with van der Waals surface area (Å²) in [6.45, 7) is 3.98. The summed E-state index contributed by atoms with van der Waals surface area (Å²) in [7, 11) is 1.94. The van der Waals surface area contributed by atoms with Crippen molar-refractivity contribution in [3.8, 4) is 0 Å². The van der Waals surface area contributed by atoms with Crippen LogP contribution in [0.4, 0.5) is 10.1 Å². The van der Waals surface area contributed by atoms with E-state index in [1.54, 1.807) is 6.07 Å². The Labute approximate surface area is 96.7 Å². The smallest absolute Gasteiger partial charge is 0.130 e. The third kappa shape index (κ3) is 2.73. The molecule has 0 aromatic heterocycles. The van der Waals surface area contributed by atoms with Gasteiger partial charge in [-0.1, -0.05) is 19.4 Å². The lowest BCUT2D eigenvalue weighted by atomic mass is 10.1. The molecule has 0 spiro atoms. The van der Waals surface area contributed by atoms with Crippen LogP contribution in [0.5, 0.6) is 0 Å². The van der Waals surface area contributed by atoms with Crippen LogP contribution < -0.4 is 4.90 Å².